The maximum atomic E-state index is 12.1. The second-order valence-electron chi connectivity index (χ2n) is 7.87. The number of hydrogen-bond donors (Lipinski definition) is 2. The number of H-pyrrole nitrogens is 1. The Bertz CT molecular complexity index is 1170. The number of aromatic nitrogens is 1. The number of furan rings is 1. The van der Waals surface area contributed by atoms with Crippen LogP contribution in [0.4, 0.5) is 0 Å². The second kappa shape index (κ2) is 6.44. The number of benzene rings is 2. The van der Waals surface area contributed by atoms with E-state index in [1.165, 1.54) is 0 Å². The summed E-state index contributed by atoms with van der Waals surface area (Å²) in [5, 5.41) is 5.22. The van der Waals surface area contributed by atoms with Crippen LogP contribution in [0.3, 0.4) is 0 Å². The van der Waals surface area contributed by atoms with E-state index in [2.05, 4.69) is 16.4 Å². The number of carbonyl (C=O) groups excluding carboxylic acids is 1. The van der Waals surface area contributed by atoms with Crippen molar-refractivity contribution in [2.75, 3.05) is 0 Å². The van der Waals surface area contributed by atoms with Crippen molar-refractivity contribution in [2.45, 2.75) is 32.9 Å². The molecule has 1 saturated carbocycles. The van der Waals surface area contributed by atoms with Gasteiger partial charge >= 0.3 is 0 Å². The van der Waals surface area contributed by atoms with Crippen LogP contribution in [-0.4, -0.2) is 10.9 Å². The first-order valence-electron chi connectivity index (χ1n) is 9.58. The fourth-order valence-electron chi connectivity index (χ4n) is 3.41. The van der Waals surface area contributed by atoms with Gasteiger partial charge in [0.15, 0.2) is 0 Å². The van der Waals surface area contributed by atoms with Gasteiger partial charge in [-0.2, -0.15) is 0 Å². The number of rotatable bonds is 6. The molecule has 1 amide bonds. The van der Waals surface area contributed by atoms with Crippen LogP contribution in [0.5, 0.6) is 5.75 Å². The van der Waals surface area contributed by atoms with E-state index >= 15 is 0 Å². The number of nitrogens with one attached hydrogen (secondary N) is 2. The predicted molar refractivity (Wildman–Crippen MR) is 108 cm³/mol. The fourth-order valence-corrected chi connectivity index (χ4v) is 3.41. The Morgan fingerprint density at radius 1 is 1.14 bits per heavy atom. The third-order valence-electron chi connectivity index (χ3n) is 5.56. The van der Waals surface area contributed by atoms with E-state index in [1.807, 2.05) is 49.4 Å². The SMILES string of the molecule is CC1(C(=O)NCc2cc3ccc(OCc4ccc5ccoc5c4)cc3[nH]2)CC1. The molecule has 5 nitrogen and oxygen atoms in total. The van der Waals surface area contributed by atoms with Gasteiger partial charge in [0.05, 0.1) is 12.8 Å². The molecule has 142 valence electrons. The van der Waals surface area contributed by atoms with Gasteiger partial charge in [-0.3, -0.25) is 4.79 Å². The molecule has 1 fully saturated rings. The number of aromatic amines is 1. The quantitative estimate of drug-likeness (QED) is 0.504. The molecule has 5 rings (SSSR count). The van der Waals surface area contributed by atoms with E-state index in [-0.39, 0.29) is 11.3 Å². The fraction of sp³-hybridized carbons (Fsp3) is 0.261. The van der Waals surface area contributed by atoms with Crippen LogP contribution in [0.15, 0.2) is 59.2 Å². The highest BCUT2D eigenvalue weighted by molar-refractivity contribution is 5.85. The van der Waals surface area contributed by atoms with Gasteiger partial charge in [0.2, 0.25) is 5.91 Å². The Morgan fingerprint density at radius 3 is 2.86 bits per heavy atom. The molecule has 0 bridgehead atoms. The van der Waals surface area contributed by atoms with E-state index in [9.17, 15) is 4.79 Å². The lowest BCUT2D eigenvalue weighted by molar-refractivity contribution is -0.125. The van der Waals surface area contributed by atoms with Gasteiger partial charge in [-0.25, -0.2) is 0 Å². The minimum absolute atomic E-state index is 0.142. The summed E-state index contributed by atoms with van der Waals surface area (Å²) in [4.78, 5) is 15.5. The molecule has 0 radical (unpaired) electrons. The average Bonchev–Trinajstić information content (AvgIpc) is 3.13. The minimum atomic E-state index is -0.147. The molecule has 0 unspecified atom stereocenters. The summed E-state index contributed by atoms with van der Waals surface area (Å²) in [6.07, 6.45) is 3.66. The third-order valence-corrected chi connectivity index (χ3v) is 5.56. The molecule has 2 aromatic heterocycles. The standard InChI is InChI=1S/C23H22N2O3/c1-23(7-8-23)22(26)24-13-18-11-17-4-5-19(12-20(17)25-18)28-14-15-2-3-16-6-9-27-21(16)10-15/h2-6,9-12,25H,7-8,13-14H2,1H3,(H,24,26). The average molecular weight is 374 g/mol. The van der Waals surface area contributed by atoms with Crippen molar-refractivity contribution in [2.24, 2.45) is 5.41 Å². The smallest absolute Gasteiger partial charge is 0.226 e. The van der Waals surface area contributed by atoms with E-state index in [0.717, 1.165) is 51.7 Å². The third kappa shape index (κ3) is 3.24. The topological polar surface area (TPSA) is 67.3 Å². The summed E-state index contributed by atoms with van der Waals surface area (Å²) in [6.45, 7) is 3.01. The highest BCUT2D eigenvalue weighted by atomic mass is 16.5. The zero-order valence-electron chi connectivity index (χ0n) is 15.7. The van der Waals surface area contributed by atoms with Gasteiger partial charge < -0.3 is 19.5 Å². The van der Waals surface area contributed by atoms with E-state index < -0.39 is 0 Å². The number of fused-ring (bicyclic) bond motifs is 2. The molecule has 0 saturated heterocycles. The molecular formula is C23H22N2O3. The summed E-state index contributed by atoms with van der Waals surface area (Å²) in [6, 6.07) is 16.1. The van der Waals surface area contributed by atoms with Crippen molar-refractivity contribution >= 4 is 27.8 Å². The molecule has 1 aliphatic rings. The van der Waals surface area contributed by atoms with Crippen LogP contribution in [0, 0.1) is 5.41 Å². The maximum Gasteiger partial charge on any atom is 0.226 e. The number of amides is 1. The van der Waals surface area contributed by atoms with Crippen LogP contribution < -0.4 is 10.1 Å². The van der Waals surface area contributed by atoms with Gasteiger partial charge in [-0.15, -0.1) is 0 Å². The lowest BCUT2D eigenvalue weighted by Gasteiger charge is -2.08. The Hall–Kier alpha value is -3.21. The summed E-state index contributed by atoms with van der Waals surface area (Å²) >= 11 is 0. The van der Waals surface area contributed by atoms with Crippen molar-refractivity contribution in [3.05, 3.63) is 66.1 Å². The summed E-state index contributed by atoms with van der Waals surface area (Å²) in [5.41, 5.74) is 3.78. The molecule has 0 atom stereocenters. The number of ether oxygens (including phenoxy) is 1. The van der Waals surface area contributed by atoms with E-state index in [1.54, 1.807) is 6.26 Å². The maximum absolute atomic E-state index is 12.1. The van der Waals surface area contributed by atoms with Crippen molar-refractivity contribution in [3.63, 3.8) is 0 Å². The number of carbonyl (C=O) groups is 1. The van der Waals surface area contributed by atoms with Crippen molar-refractivity contribution < 1.29 is 13.9 Å². The summed E-state index contributed by atoms with van der Waals surface area (Å²) in [5.74, 6) is 0.943. The first-order valence-corrected chi connectivity index (χ1v) is 9.58. The van der Waals surface area contributed by atoms with Gasteiger partial charge in [-0.1, -0.05) is 19.1 Å². The molecule has 28 heavy (non-hydrogen) atoms. The first-order chi connectivity index (χ1) is 13.6. The Kier molecular flexibility index (Phi) is 3.90. The van der Waals surface area contributed by atoms with E-state index in [4.69, 9.17) is 9.15 Å². The molecule has 2 N–H and O–H groups in total. The zero-order chi connectivity index (χ0) is 19.1. The molecule has 1 aliphatic carbocycles. The predicted octanol–water partition coefficient (Wildman–Crippen LogP) is 4.91. The summed E-state index contributed by atoms with van der Waals surface area (Å²) in [7, 11) is 0. The Morgan fingerprint density at radius 2 is 2.00 bits per heavy atom. The van der Waals surface area contributed by atoms with Crippen LogP contribution in [-0.2, 0) is 17.9 Å². The van der Waals surface area contributed by atoms with Crippen molar-refractivity contribution in [1.29, 1.82) is 0 Å². The molecule has 0 aliphatic heterocycles. The monoisotopic (exact) mass is 374 g/mol. The molecular weight excluding hydrogens is 352 g/mol. The number of hydrogen-bond acceptors (Lipinski definition) is 3. The largest absolute Gasteiger partial charge is 0.489 e. The van der Waals surface area contributed by atoms with Crippen LogP contribution in [0.1, 0.15) is 31.0 Å². The highest BCUT2D eigenvalue weighted by Gasteiger charge is 2.44. The molecule has 2 heterocycles. The lowest BCUT2D eigenvalue weighted by atomic mass is 10.1. The zero-order valence-corrected chi connectivity index (χ0v) is 15.7. The summed E-state index contributed by atoms with van der Waals surface area (Å²) < 4.78 is 11.4. The van der Waals surface area contributed by atoms with Crippen LogP contribution >= 0.6 is 0 Å². The van der Waals surface area contributed by atoms with Crippen LogP contribution in [0.2, 0.25) is 0 Å². The molecule has 4 aromatic rings. The first kappa shape index (κ1) is 16.9. The highest BCUT2D eigenvalue weighted by Crippen LogP contribution is 2.45. The van der Waals surface area contributed by atoms with E-state index in [0.29, 0.717) is 13.2 Å². The second-order valence-corrected chi connectivity index (χ2v) is 7.87. The van der Waals surface area contributed by atoms with Gasteiger partial charge in [-0.05, 0) is 54.1 Å². The minimum Gasteiger partial charge on any atom is -0.489 e. The molecule has 2 aromatic carbocycles. The molecule has 5 heteroatoms. The van der Waals surface area contributed by atoms with Gasteiger partial charge in [0, 0.05) is 28.1 Å². The van der Waals surface area contributed by atoms with Crippen LogP contribution in [0.25, 0.3) is 21.9 Å². The Labute approximate surface area is 162 Å². The van der Waals surface area contributed by atoms with Gasteiger partial charge in [0.25, 0.3) is 0 Å². The molecule has 0 spiro atoms. The Balaban J connectivity index is 1.25. The lowest BCUT2D eigenvalue weighted by Crippen LogP contribution is -2.29. The normalized spacial score (nSPS) is 15.0. The van der Waals surface area contributed by atoms with Crippen molar-refractivity contribution in [3.8, 4) is 5.75 Å². The van der Waals surface area contributed by atoms with Gasteiger partial charge in [0.1, 0.15) is 17.9 Å². The van der Waals surface area contributed by atoms with Crippen molar-refractivity contribution in [1.82, 2.24) is 10.3 Å².